The third kappa shape index (κ3) is 1.70. The van der Waals surface area contributed by atoms with Gasteiger partial charge in [-0.25, -0.2) is 0 Å². The highest BCUT2D eigenvalue weighted by Gasteiger charge is 2.05. The van der Waals surface area contributed by atoms with E-state index in [-0.39, 0.29) is 5.75 Å². The molecule has 0 aromatic heterocycles. The number of ether oxygens (including phenoxy) is 1. The van der Waals surface area contributed by atoms with E-state index in [0.717, 1.165) is 4.47 Å². The lowest BCUT2D eigenvalue weighted by Crippen LogP contribution is -1.97. The van der Waals surface area contributed by atoms with Crippen LogP contribution in [-0.4, -0.2) is 12.2 Å². The Kier molecular flexibility index (Phi) is 2.94. The molecule has 0 radical (unpaired) electrons. The monoisotopic (exact) mass is 231 g/mol. The van der Waals surface area contributed by atoms with E-state index in [4.69, 9.17) is 10.5 Å². The SMILES string of the molecule is COc1cc(O)c(CN)cc1Br. The van der Waals surface area contributed by atoms with Gasteiger partial charge in [-0.1, -0.05) is 0 Å². The van der Waals surface area contributed by atoms with Crippen molar-refractivity contribution in [2.24, 2.45) is 5.73 Å². The molecule has 66 valence electrons. The van der Waals surface area contributed by atoms with Crippen molar-refractivity contribution in [3.05, 3.63) is 22.2 Å². The van der Waals surface area contributed by atoms with Crippen LogP contribution in [0.2, 0.25) is 0 Å². The fourth-order valence-corrected chi connectivity index (χ4v) is 1.46. The first-order chi connectivity index (χ1) is 5.69. The van der Waals surface area contributed by atoms with Crippen molar-refractivity contribution in [2.75, 3.05) is 7.11 Å². The Morgan fingerprint density at radius 2 is 2.25 bits per heavy atom. The van der Waals surface area contributed by atoms with Crippen LogP contribution in [-0.2, 0) is 6.54 Å². The lowest BCUT2D eigenvalue weighted by molar-refractivity contribution is 0.404. The summed E-state index contributed by atoms with van der Waals surface area (Å²) in [7, 11) is 1.54. The van der Waals surface area contributed by atoms with Crippen LogP contribution in [0, 0.1) is 0 Å². The smallest absolute Gasteiger partial charge is 0.136 e. The summed E-state index contributed by atoms with van der Waals surface area (Å²) < 4.78 is 5.77. The predicted octanol–water partition coefficient (Wildman–Crippen LogP) is 1.62. The van der Waals surface area contributed by atoms with E-state index in [2.05, 4.69) is 15.9 Å². The molecular weight excluding hydrogens is 222 g/mol. The van der Waals surface area contributed by atoms with Crippen LogP contribution >= 0.6 is 15.9 Å². The van der Waals surface area contributed by atoms with Gasteiger partial charge in [0.25, 0.3) is 0 Å². The maximum atomic E-state index is 9.37. The van der Waals surface area contributed by atoms with E-state index in [1.807, 2.05) is 0 Å². The van der Waals surface area contributed by atoms with Crippen LogP contribution in [0.25, 0.3) is 0 Å². The average molecular weight is 232 g/mol. The summed E-state index contributed by atoms with van der Waals surface area (Å²) >= 11 is 3.29. The Bertz CT molecular complexity index is 259. The number of aromatic hydroxyl groups is 1. The highest BCUT2D eigenvalue weighted by atomic mass is 79.9. The molecule has 0 aliphatic heterocycles. The molecule has 0 aliphatic rings. The van der Waals surface area contributed by atoms with Gasteiger partial charge in [0.05, 0.1) is 11.6 Å². The summed E-state index contributed by atoms with van der Waals surface area (Å²) in [4.78, 5) is 0. The van der Waals surface area contributed by atoms with E-state index in [9.17, 15) is 5.11 Å². The highest BCUT2D eigenvalue weighted by Crippen LogP contribution is 2.31. The van der Waals surface area contributed by atoms with Gasteiger partial charge in [0, 0.05) is 18.2 Å². The molecule has 0 atom stereocenters. The van der Waals surface area contributed by atoms with Crippen LogP contribution in [0.4, 0.5) is 0 Å². The minimum Gasteiger partial charge on any atom is -0.507 e. The molecule has 0 spiro atoms. The first kappa shape index (κ1) is 9.35. The quantitative estimate of drug-likeness (QED) is 0.814. The lowest BCUT2D eigenvalue weighted by Gasteiger charge is -2.06. The van der Waals surface area contributed by atoms with Gasteiger partial charge in [0.1, 0.15) is 11.5 Å². The van der Waals surface area contributed by atoms with Gasteiger partial charge in [-0.2, -0.15) is 0 Å². The highest BCUT2D eigenvalue weighted by molar-refractivity contribution is 9.10. The Balaban J connectivity index is 3.16. The second kappa shape index (κ2) is 3.78. The second-order valence-corrected chi connectivity index (χ2v) is 3.17. The summed E-state index contributed by atoms with van der Waals surface area (Å²) in [6, 6.07) is 3.28. The summed E-state index contributed by atoms with van der Waals surface area (Å²) in [6.45, 7) is 0.314. The number of rotatable bonds is 2. The largest absolute Gasteiger partial charge is 0.507 e. The van der Waals surface area contributed by atoms with E-state index in [0.29, 0.717) is 17.9 Å². The third-order valence-corrected chi connectivity index (χ3v) is 2.19. The Morgan fingerprint density at radius 1 is 1.58 bits per heavy atom. The van der Waals surface area contributed by atoms with Gasteiger partial charge in [0.2, 0.25) is 0 Å². The van der Waals surface area contributed by atoms with Crippen molar-refractivity contribution in [3.8, 4) is 11.5 Å². The third-order valence-electron chi connectivity index (χ3n) is 1.57. The molecule has 1 aromatic carbocycles. The van der Waals surface area contributed by atoms with Gasteiger partial charge in [-0.05, 0) is 22.0 Å². The Labute approximate surface area is 79.3 Å². The normalized spacial score (nSPS) is 9.92. The maximum absolute atomic E-state index is 9.37. The number of hydrogen-bond acceptors (Lipinski definition) is 3. The lowest BCUT2D eigenvalue weighted by atomic mass is 10.2. The van der Waals surface area contributed by atoms with Crippen LogP contribution in [0.1, 0.15) is 5.56 Å². The Hall–Kier alpha value is -0.740. The van der Waals surface area contributed by atoms with Crippen LogP contribution < -0.4 is 10.5 Å². The van der Waals surface area contributed by atoms with Crippen LogP contribution in [0.3, 0.4) is 0 Å². The zero-order valence-electron chi connectivity index (χ0n) is 6.67. The molecule has 1 aromatic rings. The molecule has 0 aliphatic carbocycles. The molecule has 0 bridgehead atoms. The predicted molar refractivity (Wildman–Crippen MR) is 50.3 cm³/mol. The van der Waals surface area contributed by atoms with E-state index in [1.165, 1.54) is 6.07 Å². The van der Waals surface area contributed by atoms with Crippen molar-refractivity contribution < 1.29 is 9.84 Å². The molecule has 0 unspecified atom stereocenters. The standard InChI is InChI=1S/C8H10BrNO2/c1-12-8-3-7(11)5(4-10)2-6(8)9/h2-3,11H,4,10H2,1H3. The van der Waals surface area contributed by atoms with Crippen LogP contribution in [0.5, 0.6) is 11.5 Å². The second-order valence-electron chi connectivity index (χ2n) is 2.32. The van der Waals surface area contributed by atoms with Gasteiger partial charge in [0.15, 0.2) is 0 Å². The number of halogens is 1. The van der Waals surface area contributed by atoms with Crippen molar-refractivity contribution in [3.63, 3.8) is 0 Å². The number of nitrogens with two attached hydrogens (primary N) is 1. The maximum Gasteiger partial charge on any atom is 0.136 e. The molecule has 3 N–H and O–H groups in total. The van der Waals surface area contributed by atoms with Crippen LogP contribution in [0.15, 0.2) is 16.6 Å². The van der Waals surface area contributed by atoms with Crippen molar-refractivity contribution in [2.45, 2.75) is 6.54 Å². The van der Waals surface area contributed by atoms with Gasteiger partial charge >= 0.3 is 0 Å². The molecule has 3 nitrogen and oxygen atoms in total. The molecule has 4 heteroatoms. The molecule has 12 heavy (non-hydrogen) atoms. The number of phenolic OH excluding ortho intramolecular Hbond substituents is 1. The first-order valence-electron chi connectivity index (χ1n) is 3.44. The number of benzene rings is 1. The van der Waals surface area contributed by atoms with E-state index >= 15 is 0 Å². The zero-order valence-corrected chi connectivity index (χ0v) is 8.26. The minimum atomic E-state index is 0.164. The Morgan fingerprint density at radius 3 is 2.75 bits per heavy atom. The van der Waals surface area contributed by atoms with Crippen molar-refractivity contribution in [1.82, 2.24) is 0 Å². The molecule has 0 fully saturated rings. The molecule has 0 heterocycles. The number of methoxy groups -OCH3 is 1. The molecule has 0 saturated carbocycles. The van der Waals surface area contributed by atoms with Crippen molar-refractivity contribution >= 4 is 15.9 Å². The van der Waals surface area contributed by atoms with E-state index in [1.54, 1.807) is 13.2 Å². The summed E-state index contributed by atoms with van der Waals surface area (Å²) in [5, 5.41) is 9.37. The number of hydrogen-bond donors (Lipinski definition) is 2. The fourth-order valence-electron chi connectivity index (χ4n) is 0.904. The summed E-state index contributed by atoms with van der Waals surface area (Å²) in [6.07, 6.45) is 0. The fraction of sp³-hybridized carbons (Fsp3) is 0.250. The van der Waals surface area contributed by atoms with Crippen molar-refractivity contribution in [1.29, 1.82) is 0 Å². The molecule has 0 amide bonds. The molecule has 0 saturated heterocycles. The molecule has 1 rings (SSSR count). The zero-order chi connectivity index (χ0) is 9.14. The van der Waals surface area contributed by atoms with Gasteiger partial charge in [-0.15, -0.1) is 0 Å². The summed E-state index contributed by atoms with van der Waals surface area (Å²) in [5.74, 6) is 0.766. The first-order valence-corrected chi connectivity index (χ1v) is 4.23. The van der Waals surface area contributed by atoms with Gasteiger partial charge in [-0.3, -0.25) is 0 Å². The minimum absolute atomic E-state index is 0.164. The summed E-state index contributed by atoms with van der Waals surface area (Å²) in [5.41, 5.74) is 6.09. The van der Waals surface area contributed by atoms with Gasteiger partial charge < -0.3 is 15.6 Å². The number of phenols is 1. The molecular formula is C8H10BrNO2. The van der Waals surface area contributed by atoms with E-state index < -0.39 is 0 Å². The topological polar surface area (TPSA) is 55.5 Å². The average Bonchev–Trinajstić information content (AvgIpc) is 2.08.